The molecule has 1 N–H and O–H groups in total. The number of allylic oxidation sites excluding steroid dienone is 1. The predicted octanol–water partition coefficient (Wildman–Crippen LogP) is 5.43. The Kier molecular flexibility index (Phi) is 6.32. The fourth-order valence-corrected chi connectivity index (χ4v) is 3.63. The summed E-state index contributed by atoms with van der Waals surface area (Å²) in [5, 5.41) is 2.39. The number of amides is 1. The smallest absolute Gasteiger partial charge is 0.314 e. The zero-order valence-electron chi connectivity index (χ0n) is 17.7. The third kappa shape index (κ3) is 4.89. The van der Waals surface area contributed by atoms with E-state index >= 15 is 8.78 Å². The molecule has 0 spiro atoms. The Morgan fingerprint density at radius 1 is 1.12 bits per heavy atom. The van der Waals surface area contributed by atoms with E-state index in [0.717, 1.165) is 19.1 Å². The molecule has 2 aromatic carbocycles. The lowest BCUT2D eigenvalue weighted by atomic mass is 10.00. The van der Waals surface area contributed by atoms with Crippen LogP contribution in [0.4, 0.5) is 32.0 Å². The van der Waals surface area contributed by atoms with Gasteiger partial charge in [0.05, 0.1) is 23.8 Å². The van der Waals surface area contributed by atoms with E-state index in [9.17, 15) is 27.2 Å². The Morgan fingerprint density at radius 3 is 2.36 bits per heavy atom. The van der Waals surface area contributed by atoms with Gasteiger partial charge in [-0.05, 0) is 55.8 Å². The highest BCUT2D eigenvalue weighted by atomic mass is 19.3. The van der Waals surface area contributed by atoms with E-state index in [-0.39, 0.29) is 16.8 Å². The molecule has 0 aliphatic carbocycles. The highest BCUT2D eigenvalue weighted by Crippen LogP contribution is 2.44. The van der Waals surface area contributed by atoms with E-state index in [2.05, 4.69) is 11.9 Å². The van der Waals surface area contributed by atoms with E-state index in [4.69, 9.17) is 0 Å². The van der Waals surface area contributed by atoms with Gasteiger partial charge in [0.1, 0.15) is 11.6 Å². The van der Waals surface area contributed by atoms with E-state index < -0.39 is 65.4 Å². The fraction of sp³-hybridized carbons (Fsp3) is 0.304. The lowest BCUT2D eigenvalue weighted by Crippen LogP contribution is -2.40. The maximum atomic E-state index is 15.2. The molecule has 1 amide bonds. The first-order valence-corrected chi connectivity index (χ1v) is 9.82. The first-order chi connectivity index (χ1) is 15.2. The number of nitrogens with zero attached hydrogens (tertiary/aromatic N) is 1. The number of likely N-dealkylation sites (tertiary alicyclic amines) is 1. The number of carbonyl (C=O) groups is 2. The van der Waals surface area contributed by atoms with E-state index in [0.29, 0.717) is 17.0 Å². The van der Waals surface area contributed by atoms with Gasteiger partial charge in [-0.15, -0.1) is 0 Å². The van der Waals surface area contributed by atoms with Gasteiger partial charge in [0.25, 0.3) is 11.8 Å². The number of aryl methyl sites for hydroxylation is 1. The Balaban J connectivity index is 1.91. The van der Waals surface area contributed by atoms with Crippen LogP contribution < -0.4 is 5.32 Å². The number of halogens is 6. The number of rotatable bonds is 6. The van der Waals surface area contributed by atoms with Crippen LogP contribution in [0, 0.1) is 18.6 Å². The second-order valence-electron chi connectivity index (χ2n) is 7.95. The van der Waals surface area contributed by atoms with Gasteiger partial charge in [-0.3, -0.25) is 9.59 Å². The molecule has 2 aromatic rings. The summed E-state index contributed by atoms with van der Waals surface area (Å²) in [6.45, 7) is 4.46. The molecule has 1 aliphatic heterocycles. The second kappa shape index (κ2) is 8.57. The lowest BCUT2D eigenvalue weighted by Gasteiger charge is -2.31. The van der Waals surface area contributed by atoms with Crippen molar-refractivity contribution in [1.82, 2.24) is 4.90 Å². The molecule has 1 unspecified atom stereocenters. The first-order valence-electron chi connectivity index (χ1n) is 9.82. The van der Waals surface area contributed by atoms with Crippen LogP contribution >= 0.6 is 0 Å². The Labute approximate surface area is 185 Å². The molecule has 0 saturated carbocycles. The van der Waals surface area contributed by atoms with Crippen molar-refractivity contribution in [2.45, 2.75) is 38.2 Å². The van der Waals surface area contributed by atoms with Crippen molar-refractivity contribution in [3.8, 4) is 0 Å². The van der Waals surface area contributed by atoms with Crippen LogP contribution in [0.25, 0.3) is 0 Å². The topological polar surface area (TPSA) is 49.4 Å². The third-order valence-corrected chi connectivity index (χ3v) is 5.43. The zero-order chi connectivity index (χ0) is 24.7. The molecule has 1 heterocycles. The van der Waals surface area contributed by atoms with Crippen LogP contribution in [0.3, 0.4) is 0 Å². The lowest BCUT2D eigenvalue weighted by molar-refractivity contribution is -0.121. The summed E-state index contributed by atoms with van der Waals surface area (Å²) < 4.78 is 85.9. The average Bonchev–Trinajstić information content (AvgIpc) is 3.06. The summed E-state index contributed by atoms with van der Waals surface area (Å²) in [4.78, 5) is 24.7. The zero-order valence-corrected chi connectivity index (χ0v) is 17.7. The number of Topliss-reactive ketones (excluding diaryl/α,β-unsaturated/α-hetero) is 1. The first kappa shape index (κ1) is 24.3. The highest BCUT2D eigenvalue weighted by Gasteiger charge is 2.52. The maximum Gasteiger partial charge on any atom is 0.314 e. The number of nitrogens with one attached hydrogen (secondary N) is 1. The quantitative estimate of drug-likeness (QED) is 0.573. The van der Waals surface area contributed by atoms with Crippen molar-refractivity contribution < 1.29 is 35.9 Å². The minimum Gasteiger partial charge on any atom is -0.354 e. The number of hydrogen-bond acceptors (Lipinski definition) is 3. The Bertz CT molecular complexity index is 1130. The molecule has 1 aliphatic rings. The van der Waals surface area contributed by atoms with E-state index in [1.165, 1.54) is 19.1 Å². The monoisotopic (exact) mass is 470 g/mol. The molecule has 1 atom stereocenters. The van der Waals surface area contributed by atoms with Gasteiger partial charge in [0.15, 0.2) is 5.78 Å². The van der Waals surface area contributed by atoms with Gasteiger partial charge in [-0.2, -0.15) is 8.78 Å². The largest absolute Gasteiger partial charge is 0.354 e. The number of ketones is 1. The van der Waals surface area contributed by atoms with Crippen molar-refractivity contribution in [3.63, 3.8) is 0 Å². The van der Waals surface area contributed by atoms with E-state index in [1.807, 2.05) is 0 Å². The van der Waals surface area contributed by atoms with Crippen LogP contribution in [0.5, 0.6) is 0 Å². The minimum absolute atomic E-state index is 0.185. The van der Waals surface area contributed by atoms with Crippen molar-refractivity contribution in [2.75, 3.05) is 11.9 Å². The van der Waals surface area contributed by atoms with Crippen molar-refractivity contribution >= 4 is 17.4 Å². The fourth-order valence-electron chi connectivity index (χ4n) is 3.63. The summed E-state index contributed by atoms with van der Waals surface area (Å²) in [5.74, 6) is -11.1. The molecule has 33 heavy (non-hydrogen) atoms. The van der Waals surface area contributed by atoms with Crippen LogP contribution in [-0.2, 0) is 10.7 Å². The number of alkyl halides is 4. The van der Waals surface area contributed by atoms with Gasteiger partial charge in [-0.1, -0.05) is 6.58 Å². The van der Waals surface area contributed by atoms with Crippen molar-refractivity contribution in [2.24, 2.45) is 0 Å². The predicted molar refractivity (Wildman–Crippen MR) is 109 cm³/mol. The molecule has 1 saturated heterocycles. The van der Waals surface area contributed by atoms with Crippen molar-refractivity contribution in [3.05, 3.63) is 77.0 Å². The van der Waals surface area contributed by atoms with Crippen LogP contribution in [0.1, 0.15) is 34.8 Å². The molecular weight excluding hydrogens is 450 g/mol. The number of benzene rings is 2. The minimum atomic E-state index is -4.19. The number of hydrogen-bond donors (Lipinski definition) is 1. The second-order valence-corrected chi connectivity index (χ2v) is 7.95. The molecule has 3 rings (SSSR count). The molecule has 0 bridgehead atoms. The summed E-state index contributed by atoms with van der Waals surface area (Å²) >= 11 is 0. The van der Waals surface area contributed by atoms with Gasteiger partial charge in [0, 0.05) is 17.7 Å². The van der Waals surface area contributed by atoms with Gasteiger partial charge >= 0.3 is 5.92 Å². The third-order valence-electron chi connectivity index (χ3n) is 5.43. The Hall–Kier alpha value is -3.30. The van der Waals surface area contributed by atoms with Gasteiger partial charge in [-0.25, -0.2) is 17.6 Å². The molecule has 176 valence electrons. The molecule has 0 radical (unpaired) electrons. The molecule has 10 heteroatoms. The number of anilines is 1. The molecular formula is C23H20F6N2O2. The highest BCUT2D eigenvalue weighted by molar-refractivity contribution is 6.04. The average molecular weight is 470 g/mol. The van der Waals surface area contributed by atoms with Crippen LogP contribution in [0.2, 0.25) is 0 Å². The summed E-state index contributed by atoms with van der Waals surface area (Å²) in [7, 11) is 0. The standard InChI is InChI=1S/C23H20F6N2O2/c1-12-8-16(5-7-18(12)24)30-21(33)15-4-6-19(25)17(9-15)23(28,29)14(3)31-11-22(26,27)10-20(31)13(2)32/h4-9,20H,3,10-11H2,1-2H3,(H,30,33). The summed E-state index contributed by atoms with van der Waals surface area (Å²) in [6.07, 6.45) is -0.959. The number of carbonyl (C=O) groups excluding carboxylic acids is 2. The molecule has 4 nitrogen and oxygen atoms in total. The Morgan fingerprint density at radius 2 is 1.76 bits per heavy atom. The normalized spacial score (nSPS) is 17.7. The van der Waals surface area contributed by atoms with Gasteiger partial charge in [0.2, 0.25) is 0 Å². The van der Waals surface area contributed by atoms with Crippen LogP contribution in [0.15, 0.2) is 48.7 Å². The molecule has 1 fully saturated rings. The summed E-state index contributed by atoms with van der Waals surface area (Å²) in [5.41, 5.74) is -2.36. The van der Waals surface area contributed by atoms with Crippen LogP contribution in [-0.4, -0.2) is 35.1 Å². The molecule has 0 aromatic heterocycles. The van der Waals surface area contributed by atoms with E-state index in [1.54, 1.807) is 0 Å². The summed E-state index contributed by atoms with van der Waals surface area (Å²) in [6, 6.07) is 4.35. The van der Waals surface area contributed by atoms with Crippen molar-refractivity contribution in [1.29, 1.82) is 0 Å². The van der Waals surface area contributed by atoms with Gasteiger partial charge < -0.3 is 10.2 Å². The SMILES string of the molecule is C=C(N1CC(F)(F)CC1C(C)=O)C(F)(F)c1cc(C(=O)Nc2ccc(F)c(C)c2)ccc1F. The maximum absolute atomic E-state index is 15.2.